The Kier molecular flexibility index (Phi) is 7.41. The lowest BCUT2D eigenvalue weighted by molar-refractivity contribution is -0.122. The summed E-state index contributed by atoms with van der Waals surface area (Å²) in [5.74, 6) is -6.17. The SMILES string of the molecule is Cc1ccc(F)cc1C1C(OC(=O)c2ccccc2)C(OC(=O)c2ccccc2)C(C)C2(C)C=C(F)C(F)=CC12. The summed E-state index contributed by atoms with van der Waals surface area (Å²) in [5, 5.41) is 0. The molecule has 3 aromatic rings. The molecule has 206 valence electrons. The second kappa shape index (κ2) is 10.8. The van der Waals surface area contributed by atoms with E-state index in [0.717, 1.165) is 0 Å². The van der Waals surface area contributed by atoms with Gasteiger partial charge in [-0.3, -0.25) is 0 Å². The van der Waals surface area contributed by atoms with E-state index >= 15 is 0 Å². The smallest absolute Gasteiger partial charge is 0.338 e. The van der Waals surface area contributed by atoms with E-state index in [1.54, 1.807) is 87.5 Å². The summed E-state index contributed by atoms with van der Waals surface area (Å²) in [5.41, 5.74) is 0.600. The molecule has 2 aliphatic carbocycles. The predicted molar refractivity (Wildman–Crippen MR) is 144 cm³/mol. The Bertz CT molecular complexity index is 1480. The van der Waals surface area contributed by atoms with Crippen molar-refractivity contribution in [2.24, 2.45) is 17.3 Å². The normalized spacial score (nSPS) is 27.6. The lowest BCUT2D eigenvalue weighted by atomic mass is 9.53. The molecule has 3 aromatic carbocycles. The summed E-state index contributed by atoms with van der Waals surface area (Å²) in [4.78, 5) is 26.7. The molecular weight excluding hydrogens is 517 g/mol. The number of hydrogen-bond acceptors (Lipinski definition) is 4. The molecule has 0 bridgehead atoms. The van der Waals surface area contributed by atoms with Crippen molar-refractivity contribution in [3.8, 4) is 0 Å². The highest BCUT2D eigenvalue weighted by atomic mass is 19.2. The fraction of sp³-hybridized carbons (Fsp3) is 0.273. The van der Waals surface area contributed by atoms with Crippen LogP contribution in [0.25, 0.3) is 0 Å². The molecule has 6 unspecified atom stereocenters. The largest absolute Gasteiger partial charge is 0.454 e. The first-order valence-electron chi connectivity index (χ1n) is 13.1. The fourth-order valence-electron chi connectivity index (χ4n) is 6.01. The Labute approximate surface area is 231 Å². The first kappa shape index (κ1) is 27.4. The zero-order valence-corrected chi connectivity index (χ0v) is 22.3. The first-order valence-corrected chi connectivity index (χ1v) is 13.1. The molecule has 4 nitrogen and oxygen atoms in total. The van der Waals surface area contributed by atoms with Crippen molar-refractivity contribution in [1.82, 2.24) is 0 Å². The fourth-order valence-corrected chi connectivity index (χ4v) is 6.01. The molecule has 0 aliphatic heterocycles. The second-order valence-electron chi connectivity index (χ2n) is 10.7. The average molecular weight is 547 g/mol. The van der Waals surface area contributed by atoms with E-state index in [0.29, 0.717) is 11.1 Å². The third-order valence-electron chi connectivity index (χ3n) is 8.35. The van der Waals surface area contributed by atoms with E-state index in [-0.39, 0.29) is 11.1 Å². The molecule has 0 aromatic heterocycles. The molecule has 40 heavy (non-hydrogen) atoms. The number of halogens is 3. The standard InChI is InChI=1S/C33H29F3O4/c1-19-14-15-23(34)16-24(19)28-25-17-26(35)27(36)18-33(25,3)20(2)29(39-31(37)21-10-6-4-7-11-21)30(28)40-32(38)22-12-8-5-9-13-22/h4-18,20,25,28-30H,1-3H3. The topological polar surface area (TPSA) is 52.6 Å². The maximum Gasteiger partial charge on any atom is 0.338 e. The lowest BCUT2D eigenvalue weighted by Crippen LogP contribution is -2.58. The number of carbonyl (C=O) groups is 2. The van der Waals surface area contributed by atoms with Gasteiger partial charge < -0.3 is 9.47 Å². The van der Waals surface area contributed by atoms with Crippen LogP contribution in [0, 0.1) is 30.0 Å². The van der Waals surface area contributed by atoms with Crippen molar-refractivity contribution >= 4 is 11.9 Å². The molecule has 6 atom stereocenters. The minimum Gasteiger partial charge on any atom is -0.454 e. The average Bonchev–Trinajstić information content (AvgIpc) is 2.95. The number of hydrogen-bond donors (Lipinski definition) is 0. The van der Waals surface area contributed by atoms with Crippen LogP contribution in [0.3, 0.4) is 0 Å². The van der Waals surface area contributed by atoms with Crippen LogP contribution in [0.2, 0.25) is 0 Å². The Balaban J connectivity index is 1.68. The quantitative estimate of drug-likeness (QED) is 0.308. The maximum atomic E-state index is 14.8. The van der Waals surface area contributed by atoms with Crippen molar-refractivity contribution in [2.45, 2.75) is 38.9 Å². The minimum absolute atomic E-state index is 0.266. The monoisotopic (exact) mass is 546 g/mol. The number of esters is 2. The van der Waals surface area contributed by atoms with E-state index in [2.05, 4.69) is 0 Å². The number of ether oxygens (including phenoxy) is 2. The molecule has 5 rings (SSSR count). The number of carbonyl (C=O) groups excluding carboxylic acids is 2. The predicted octanol–water partition coefficient (Wildman–Crippen LogP) is 7.66. The van der Waals surface area contributed by atoms with Crippen LogP contribution in [0.4, 0.5) is 13.2 Å². The molecule has 1 saturated carbocycles. The van der Waals surface area contributed by atoms with Crippen molar-refractivity contribution < 1.29 is 32.2 Å². The van der Waals surface area contributed by atoms with Crippen molar-refractivity contribution in [1.29, 1.82) is 0 Å². The zero-order chi connectivity index (χ0) is 28.6. The van der Waals surface area contributed by atoms with E-state index in [1.807, 2.05) is 0 Å². The van der Waals surface area contributed by atoms with Crippen LogP contribution in [0.15, 0.2) is 103 Å². The lowest BCUT2D eigenvalue weighted by Gasteiger charge is -2.54. The number of rotatable bonds is 5. The Morgan fingerprint density at radius 1 is 0.775 bits per heavy atom. The number of fused-ring (bicyclic) bond motifs is 1. The third kappa shape index (κ3) is 4.96. The summed E-state index contributed by atoms with van der Waals surface area (Å²) in [6, 6.07) is 20.8. The van der Waals surface area contributed by atoms with Crippen LogP contribution in [0.5, 0.6) is 0 Å². The van der Waals surface area contributed by atoms with Gasteiger partial charge in [-0.15, -0.1) is 0 Å². The maximum absolute atomic E-state index is 14.8. The molecule has 0 spiro atoms. The molecular formula is C33H29F3O4. The highest BCUT2D eigenvalue weighted by Gasteiger charge is 2.59. The van der Waals surface area contributed by atoms with E-state index in [1.165, 1.54) is 24.3 Å². The summed E-state index contributed by atoms with van der Waals surface area (Å²) in [7, 11) is 0. The van der Waals surface area contributed by atoms with Gasteiger partial charge in [-0.1, -0.05) is 56.3 Å². The molecule has 1 fully saturated rings. The van der Waals surface area contributed by atoms with Gasteiger partial charge in [-0.25, -0.2) is 22.8 Å². The molecule has 7 heteroatoms. The van der Waals surface area contributed by atoms with Crippen LogP contribution < -0.4 is 0 Å². The minimum atomic E-state index is -1.15. The third-order valence-corrected chi connectivity index (χ3v) is 8.35. The Morgan fingerprint density at radius 2 is 1.32 bits per heavy atom. The van der Waals surface area contributed by atoms with Gasteiger partial charge >= 0.3 is 11.9 Å². The van der Waals surface area contributed by atoms with Gasteiger partial charge in [0.25, 0.3) is 0 Å². The van der Waals surface area contributed by atoms with Gasteiger partial charge in [-0.2, -0.15) is 0 Å². The van der Waals surface area contributed by atoms with Crippen molar-refractivity contribution in [3.05, 3.63) is 131 Å². The Morgan fingerprint density at radius 3 is 1.90 bits per heavy atom. The molecule has 0 radical (unpaired) electrons. The number of aryl methyl sites for hydroxylation is 1. The van der Waals surface area contributed by atoms with Gasteiger partial charge in [0.2, 0.25) is 0 Å². The van der Waals surface area contributed by atoms with Gasteiger partial charge in [0.15, 0.2) is 11.7 Å². The highest BCUT2D eigenvalue weighted by Crippen LogP contribution is 2.58. The molecule has 2 aliphatic rings. The van der Waals surface area contributed by atoms with Gasteiger partial charge in [0.1, 0.15) is 18.0 Å². The summed E-state index contributed by atoms with van der Waals surface area (Å²) in [6.45, 7) is 5.28. The van der Waals surface area contributed by atoms with Gasteiger partial charge in [0.05, 0.1) is 11.1 Å². The molecule has 0 N–H and O–H groups in total. The number of benzene rings is 3. The second-order valence-corrected chi connectivity index (χ2v) is 10.7. The summed E-state index contributed by atoms with van der Waals surface area (Å²) in [6.07, 6.45) is 0.164. The van der Waals surface area contributed by atoms with Gasteiger partial charge in [-0.05, 0) is 72.5 Å². The summed E-state index contributed by atoms with van der Waals surface area (Å²) >= 11 is 0. The molecule has 0 saturated heterocycles. The Hall–Kier alpha value is -4.13. The zero-order valence-electron chi connectivity index (χ0n) is 22.3. The van der Waals surface area contributed by atoms with Crippen molar-refractivity contribution in [2.75, 3.05) is 0 Å². The molecule has 0 heterocycles. The van der Waals surface area contributed by atoms with Crippen LogP contribution >= 0.6 is 0 Å². The van der Waals surface area contributed by atoms with Crippen LogP contribution in [-0.4, -0.2) is 24.1 Å². The van der Waals surface area contributed by atoms with Crippen LogP contribution in [-0.2, 0) is 9.47 Å². The van der Waals surface area contributed by atoms with Gasteiger partial charge in [0, 0.05) is 17.3 Å². The van der Waals surface area contributed by atoms with Crippen molar-refractivity contribution in [3.63, 3.8) is 0 Å². The van der Waals surface area contributed by atoms with E-state index in [4.69, 9.17) is 9.47 Å². The molecule has 0 amide bonds. The van der Waals surface area contributed by atoms with E-state index < -0.39 is 64.8 Å². The van der Waals surface area contributed by atoms with Crippen LogP contribution in [0.1, 0.15) is 51.6 Å². The first-order chi connectivity index (χ1) is 19.1. The summed E-state index contributed by atoms with van der Waals surface area (Å²) < 4.78 is 56.5. The highest BCUT2D eigenvalue weighted by molar-refractivity contribution is 5.90. The number of allylic oxidation sites excluding steroid dienone is 4. The van der Waals surface area contributed by atoms with E-state index in [9.17, 15) is 22.8 Å².